The molecule has 0 aliphatic rings. The molecule has 0 aliphatic heterocycles. The second kappa shape index (κ2) is 6.61. The molecule has 0 bridgehead atoms. The maximum Gasteiger partial charge on any atom is 0.337 e. The summed E-state index contributed by atoms with van der Waals surface area (Å²) in [6.45, 7) is 0.499. The Labute approximate surface area is 155 Å². The maximum atomic E-state index is 11.9. The molecule has 0 amide bonds. The molecule has 4 rings (SSSR count). The van der Waals surface area contributed by atoms with E-state index in [2.05, 4.69) is 12.1 Å². The van der Waals surface area contributed by atoms with Crippen LogP contribution in [-0.2, 0) is 11.3 Å². The van der Waals surface area contributed by atoms with Crippen molar-refractivity contribution in [2.45, 2.75) is 6.54 Å². The molecular formula is C22H17NO4. The fourth-order valence-corrected chi connectivity index (χ4v) is 3.37. The van der Waals surface area contributed by atoms with Gasteiger partial charge in [0.1, 0.15) is 0 Å². The monoisotopic (exact) mass is 359 g/mol. The highest BCUT2D eigenvalue weighted by Crippen LogP contribution is 2.25. The number of esters is 1. The lowest BCUT2D eigenvalue weighted by atomic mass is 10.1. The number of hydrogen-bond acceptors (Lipinski definition) is 3. The van der Waals surface area contributed by atoms with Gasteiger partial charge in [-0.05, 0) is 34.5 Å². The van der Waals surface area contributed by atoms with Crippen LogP contribution in [-0.4, -0.2) is 28.7 Å². The van der Waals surface area contributed by atoms with Crippen LogP contribution < -0.4 is 0 Å². The fourth-order valence-electron chi connectivity index (χ4n) is 3.37. The zero-order chi connectivity index (χ0) is 19.0. The molecule has 1 heterocycles. The lowest BCUT2D eigenvalue weighted by Gasteiger charge is -2.08. The van der Waals surface area contributed by atoms with Crippen LogP contribution in [0.1, 0.15) is 26.3 Å². The predicted octanol–water partition coefficient (Wildman–Crippen LogP) is 4.33. The van der Waals surface area contributed by atoms with E-state index in [-0.39, 0.29) is 5.56 Å². The average molecular weight is 359 g/mol. The number of ether oxygens (including phenoxy) is 1. The molecule has 0 unspecified atom stereocenters. The molecule has 4 aromatic rings. The summed E-state index contributed by atoms with van der Waals surface area (Å²) < 4.78 is 6.64. The highest BCUT2D eigenvalue weighted by Gasteiger charge is 2.16. The highest BCUT2D eigenvalue weighted by molar-refractivity contribution is 6.05. The summed E-state index contributed by atoms with van der Waals surface area (Å²) in [6.07, 6.45) is 1.61. The minimum atomic E-state index is -0.997. The third kappa shape index (κ3) is 3.04. The number of carbonyl (C=O) groups is 2. The topological polar surface area (TPSA) is 68.5 Å². The first-order valence-corrected chi connectivity index (χ1v) is 8.49. The number of carbonyl (C=O) groups excluding carboxylic acids is 1. The van der Waals surface area contributed by atoms with E-state index < -0.39 is 11.9 Å². The van der Waals surface area contributed by atoms with E-state index in [1.165, 1.54) is 7.11 Å². The smallest absolute Gasteiger partial charge is 0.337 e. The Morgan fingerprint density at radius 2 is 1.78 bits per heavy atom. The first-order valence-electron chi connectivity index (χ1n) is 8.49. The van der Waals surface area contributed by atoms with Crippen molar-refractivity contribution in [1.29, 1.82) is 0 Å². The Morgan fingerprint density at radius 1 is 1.00 bits per heavy atom. The number of carboxylic acids is 1. The first-order chi connectivity index (χ1) is 13.1. The van der Waals surface area contributed by atoms with Crippen molar-refractivity contribution in [3.63, 3.8) is 0 Å². The number of aromatic carboxylic acids is 1. The SMILES string of the molecule is COC(=O)c1ccc2c(C(=O)O)cn(Cc3ccc4ccccc4c3)c2c1. The number of nitrogens with zero attached hydrogens (tertiary/aromatic N) is 1. The van der Waals surface area contributed by atoms with E-state index in [1.807, 2.05) is 34.9 Å². The van der Waals surface area contributed by atoms with Crippen LogP contribution in [0.4, 0.5) is 0 Å². The van der Waals surface area contributed by atoms with Crippen molar-refractivity contribution < 1.29 is 19.4 Å². The molecule has 0 saturated heterocycles. The maximum absolute atomic E-state index is 11.9. The number of aromatic nitrogens is 1. The molecule has 0 saturated carbocycles. The molecule has 0 atom stereocenters. The summed E-state index contributed by atoms with van der Waals surface area (Å²) in [7, 11) is 1.32. The first kappa shape index (κ1) is 16.8. The standard InChI is InChI=1S/C22H17NO4/c1-27-22(26)17-8-9-18-19(21(24)25)13-23(20(18)11-17)12-14-6-7-15-4-2-3-5-16(15)10-14/h2-11,13H,12H2,1H3,(H,24,25). The van der Waals surface area contributed by atoms with Gasteiger partial charge in [0, 0.05) is 18.1 Å². The molecule has 0 aliphatic carbocycles. The fraction of sp³-hybridized carbons (Fsp3) is 0.0909. The summed E-state index contributed by atoms with van der Waals surface area (Å²) in [5.41, 5.74) is 2.33. The zero-order valence-electron chi connectivity index (χ0n) is 14.7. The van der Waals surface area contributed by atoms with Crippen LogP contribution in [0.15, 0.2) is 66.9 Å². The third-order valence-electron chi connectivity index (χ3n) is 4.70. The lowest BCUT2D eigenvalue weighted by molar-refractivity contribution is 0.0600. The van der Waals surface area contributed by atoms with E-state index in [9.17, 15) is 14.7 Å². The van der Waals surface area contributed by atoms with E-state index in [1.54, 1.807) is 24.4 Å². The molecular weight excluding hydrogens is 342 g/mol. The van der Waals surface area contributed by atoms with Crippen molar-refractivity contribution in [3.05, 3.63) is 83.6 Å². The molecule has 5 nitrogen and oxygen atoms in total. The second-order valence-electron chi connectivity index (χ2n) is 6.38. The Balaban J connectivity index is 1.83. The van der Waals surface area contributed by atoms with E-state index >= 15 is 0 Å². The predicted molar refractivity (Wildman–Crippen MR) is 103 cm³/mol. The number of hydrogen-bond donors (Lipinski definition) is 1. The van der Waals surface area contributed by atoms with Crippen LogP contribution in [0.2, 0.25) is 0 Å². The molecule has 0 spiro atoms. The van der Waals surface area contributed by atoms with Crippen LogP contribution in [0.3, 0.4) is 0 Å². The average Bonchev–Trinajstić information content (AvgIpc) is 3.05. The summed E-state index contributed by atoms with van der Waals surface area (Å²) in [6, 6.07) is 19.2. The molecule has 5 heteroatoms. The van der Waals surface area contributed by atoms with Gasteiger partial charge in [-0.1, -0.05) is 42.5 Å². The molecule has 1 N–H and O–H groups in total. The minimum Gasteiger partial charge on any atom is -0.478 e. The van der Waals surface area contributed by atoms with Gasteiger partial charge in [-0.15, -0.1) is 0 Å². The number of fused-ring (bicyclic) bond motifs is 2. The van der Waals surface area contributed by atoms with Gasteiger partial charge in [0.05, 0.1) is 23.8 Å². The van der Waals surface area contributed by atoms with Crippen LogP contribution >= 0.6 is 0 Å². The summed E-state index contributed by atoms with van der Waals surface area (Å²) >= 11 is 0. The van der Waals surface area contributed by atoms with Crippen molar-refractivity contribution in [1.82, 2.24) is 4.57 Å². The van der Waals surface area contributed by atoms with E-state index in [0.29, 0.717) is 23.0 Å². The normalized spacial score (nSPS) is 11.0. The zero-order valence-corrected chi connectivity index (χ0v) is 14.7. The van der Waals surface area contributed by atoms with E-state index in [0.717, 1.165) is 16.3 Å². The summed E-state index contributed by atoms with van der Waals surface area (Å²) in [5.74, 6) is -1.45. The molecule has 134 valence electrons. The Morgan fingerprint density at radius 3 is 2.52 bits per heavy atom. The quantitative estimate of drug-likeness (QED) is 0.551. The van der Waals surface area contributed by atoms with Gasteiger partial charge in [0.25, 0.3) is 0 Å². The lowest BCUT2D eigenvalue weighted by Crippen LogP contribution is -2.02. The number of benzene rings is 3. The summed E-state index contributed by atoms with van der Waals surface area (Å²) in [5, 5.41) is 12.4. The van der Waals surface area contributed by atoms with Gasteiger partial charge in [-0.3, -0.25) is 0 Å². The number of methoxy groups -OCH3 is 1. The van der Waals surface area contributed by atoms with E-state index in [4.69, 9.17) is 4.74 Å². The van der Waals surface area contributed by atoms with Crippen LogP contribution in [0, 0.1) is 0 Å². The van der Waals surface area contributed by atoms with Gasteiger partial charge in [-0.25, -0.2) is 9.59 Å². The van der Waals surface area contributed by atoms with Crippen molar-refractivity contribution in [2.24, 2.45) is 0 Å². The number of carboxylic acid groups (broad SMARTS) is 1. The highest BCUT2D eigenvalue weighted by atomic mass is 16.5. The molecule has 0 radical (unpaired) electrons. The van der Waals surface area contributed by atoms with Crippen molar-refractivity contribution >= 4 is 33.6 Å². The Hall–Kier alpha value is -3.60. The number of rotatable bonds is 4. The van der Waals surface area contributed by atoms with Gasteiger partial charge >= 0.3 is 11.9 Å². The summed E-state index contributed by atoms with van der Waals surface area (Å²) in [4.78, 5) is 23.5. The van der Waals surface area contributed by atoms with Gasteiger partial charge in [0.2, 0.25) is 0 Å². The Bertz CT molecular complexity index is 1190. The van der Waals surface area contributed by atoms with Crippen molar-refractivity contribution in [2.75, 3.05) is 7.11 Å². The van der Waals surface area contributed by atoms with Gasteiger partial charge in [-0.2, -0.15) is 0 Å². The third-order valence-corrected chi connectivity index (χ3v) is 4.70. The van der Waals surface area contributed by atoms with Crippen LogP contribution in [0.5, 0.6) is 0 Å². The molecule has 27 heavy (non-hydrogen) atoms. The second-order valence-corrected chi connectivity index (χ2v) is 6.38. The Kier molecular flexibility index (Phi) is 4.12. The molecule has 3 aromatic carbocycles. The van der Waals surface area contributed by atoms with Gasteiger partial charge < -0.3 is 14.4 Å². The largest absolute Gasteiger partial charge is 0.478 e. The van der Waals surface area contributed by atoms with Gasteiger partial charge in [0.15, 0.2) is 0 Å². The minimum absolute atomic E-state index is 0.210. The van der Waals surface area contributed by atoms with Crippen LogP contribution in [0.25, 0.3) is 21.7 Å². The van der Waals surface area contributed by atoms with Crippen molar-refractivity contribution in [3.8, 4) is 0 Å². The molecule has 0 fully saturated rings. The molecule has 1 aromatic heterocycles.